The van der Waals surface area contributed by atoms with Crippen molar-refractivity contribution < 1.29 is 4.79 Å². The Labute approximate surface area is 133 Å². The lowest BCUT2D eigenvalue weighted by atomic mass is 9.92. The van der Waals surface area contributed by atoms with Crippen molar-refractivity contribution in [1.82, 2.24) is 5.32 Å². The first-order valence-electron chi connectivity index (χ1n) is 7.76. The summed E-state index contributed by atoms with van der Waals surface area (Å²) in [5, 5.41) is 6.55. The Kier molecular flexibility index (Phi) is 4.82. The topological polar surface area (TPSA) is 41.1 Å². The van der Waals surface area contributed by atoms with Crippen LogP contribution in [0.3, 0.4) is 0 Å². The van der Waals surface area contributed by atoms with Crippen LogP contribution in [0.15, 0.2) is 18.2 Å². The second-order valence-electron chi connectivity index (χ2n) is 6.56. The van der Waals surface area contributed by atoms with E-state index in [9.17, 15) is 4.79 Å². The molecule has 1 amide bonds. The van der Waals surface area contributed by atoms with Crippen molar-refractivity contribution in [3.8, 4) is 0 Å². The van der Waals surface area contributed by atoms with Crippen molar-refractivity contribution in [3.63, 3.8) is 0 Å². The van der Waals surface area contributed by atoms with Crippen molar-refractivity contribution in [3.05, 3.63) is 29.3 Å². The van der Waals surface area contributed by atoms with Gasteiger partial charge in [0.05, 0.1) is 0 Å². The van der Waals surface area contributed by atoms with E-state index in [1.807, 2.05) is 12.1 Å². The van der Waals surface area contributed by atoms with Crippen LogP contribution in [0.4, 0.5) is 5.69 Å². The van der Waals surface area contributed by atoms with Crippen LogP contribution in [0.2, 0.25) is 0 Å². The Morgan fingerprint density at radius 1 is 1.38 bits per heavy atom. The maximum atomic E-state index is 12.5. The Morgan fingerprint density at radius 2 is 2.14 bits per heavy atom. The van der Waals surface area contributed by atoms with Crippen LogP contribution >= 0.6 is 12.4 Å². The molecule has 0 spiro atoms. The lowest BCUT2D eigenvalue weighted by Gasteiger charge is -2.23. The summed E-state index contributed by atoms with van der Waals surface area (Å²) in [4.78, 5) is 12.5. The molecule has 0 saturated heterocycles. The number of carbonyl (C=O) groups excluding carboxylic acids is 1. The monoisotopic (exact) mass is 308 g/mol. The predicted octanol–water partition coefficient (Wildman–Crippen LogP) is 3.63. The number of fused-ring (bicyclic) bond motifs is 1. The van der Waals surface area contributed by atoms with Crippen LogP contribution < -0.4 is 10.6 Å². The third kappa shape index (κ3) is 3.18. The fourth-order valence-electron chi connectivity index (χ4n) is 3.19. The lowest BCUT2D eigenvalue weighted by molar-refractivity contribution is 0.0939. The summed E-state index contributed by atoms with van der Waals surface area (Å²) in [5.41, 5.74) is 3.54. The van der Waals surface area contributed by atoms with Gasteiger partial charge in [-0.05, 0) is 54.7 Å². The van der Waals surface area contributed by atoms with E-state index in [0.29, 0.717) is 11.3 Å². The third-order valence-corrected chi connectivity index (χ3v) is 5.06. The average Bonchev–Trinajstić information content (AvgIpc) is 3.25. The van der Waals surface area contributed by atoms with Gasteiger partial charge in [-0.3, -0.25) is 4.79 Å². The van der Waals surface area contributed by atoms with Gasteiger partial charge in [-0.25, -0.2) is 0 Å². The molecule has 116 valence electrons. The maximum absolute atomic E-state index is 12.5. The van der Waals surface area contributed by atoms with Gasteiger partial charge in [-0.2, -0.15) is 0 Å². The smallest absolute Gasteiger partial charge is 0.251 e. The van der Waals surface area contributed by atoms with Crippen LogP contribution in [0.1, 0.15) is 49.0 Å². The van der Waals surface area contributed by atoms with Gasteiger partial charge < -0.3 is 10.6 Å². The minimum Gasteiger partial charge on any atom is -0.385 e. The molecule has 0 aromatic heterocycles. The molecule has 1 aromatic rings. The first-order chi connectivity index (χ1) is 9.62. The van der Waals surface area contributed by atoms with Gasteiger partial charge in [-0.1, -0.05) is 19.9 Å². The fraction of sp³-hybridized carbons (Fsp3) is 0.588. The molecule has 1 fully saturated rings. The average molecular weight is 309 g/mol. The minimum atomic E-state index is 0. The van der Waals surface area contributed by atoms with Gasteiger partial charge in [0.1, 0.15) is 0 Å². The number of rotatable bonds is 4. The molecular weight excluding hydrogens is 284 g/mol. The molecule has 1 aliphatic heterocycles. The maximum Gasteiger partial charge on any atom is 0.251 e. The lowest BCUT2D eigenvalue weighted by Crippen LogP contribution is -2.33. The standard InChI is InChI=1S/C17H24N2O.ClH/c1-12(2)17(8-9-17)11-19-16(20)14-5-3-7-15-13(14)6-4-10-18-15;/h3,5,7,12,18H,4,6,8-11H2,1-2H3,(H,19,20);1H. The molecule has 0 radical (unpaired) electrons. The summed E-state index contributed by atoms with van der Waals surface area (Å²) in [6.45, 7) is 6.34. The molecule has 1 heterocycles. The first-order valence-corrected chi connectivity index (χ1v) is 7.76. The highest BCUT2D eigenvalue weighted by Gasteiger charge is 2.45. The van der Waals surface area contributed by atoms with Crippen molar-refractivity contribution in [2.45, 2.75) is 39.5 Å². The van der Waals surface area contributed by atoms with Crippen molar-refractivity contribution in [2.75, 3.05) is 18.4 Å². The summed E-state index contributed by atoms with van der Waals surface area (Å²) >= 11 is 0. The van der Waals surface area contributed by atoms with Gasteiger partial charge in [0.25, 0.3) is 5.91 Å². The van der Waals surface area contributed by atoms with Crippen molar-refractivity contribution >= 4 is 24.0 Å². The molecule has 1 saturated carbocycles. The number of anilines is 1. The molecule has 4 heteroatoms. The summed E-state index contributed by atoms with van der Waals surface area (Å²) in [5.74, 6) is 0.742. The summed E-state index contributed by atoms with van der Waals surface area (Å²) in [7, 11) is 0. The number of benzene rings is 1. The second kappa shape index (κ2) is 6.27. The van der Waals surface area contributed by atoms with Crippen LogP contribution in [-0.2, 0) is 6.42 Å². The molecular formula is C17H25ClN2O. The largest absolute Gasteiger partial charge is 0.385 e. The molecule has 2 N–H and O–H groups in total. The van der Waals surface area contributed by atoms with E-state index in [1.54, 1.807) is 0 Å². The highest BCUT2D eigenvalue weighted by atomic mass is 35.5. The van der Waals surface area contributed by atoms with Crippen LogP contribution in [0.25, 0.3) is 0 Å². The van der Waals surface area contributed by atoms with E-state index < -0.39 is 0 Å². The highest BCUT2D eigenvalue weighted by molar-refractivity contribution is 5.97. The normalized spacial score (nSPS) is 18.2. The van der Waals surface area contributed by atoms with Gasteiger partial charge in [0, 0.05) is 24.3 Å². The predicted molar refractivity (Wildman–Crippen MR) is 89.3 cm³/mol. The number of nitrogens with one attached hydrogen (secondary N) is 2. The van der Waals surface area contributed by atoms with E-state index in [-0.39, 0.29) is 18.3 Å². The zero-order valence-electron chi connectivity index (χ0n) is 12.9. The van der Waals surface area contributed by atoms with Gasteiger partial charge in [0.2, 0.25) is 0 Å². The quantitative estimate of drug-likeness (QED) is 0.891. The van der Waals surface area contributed by atoms with Crippen molar-refractivity contribution in [2.24, 2.45) is 11.3 Å². The van der Waals surface area contributed by atoms with E-state index >= 15 is 0 Å². The molecule has 0 atom stereocenters. The molecule has 0 unspecified atom stereocenters. The number of hydrogen-bond acceptors (Lipinski definition) is 2. The molecule has 3 rings (SSSR count). The summed E-state index contributed by atoms with van der Waals surface area (Å²) in [6.07, 6.45) is 4.60. The van der Waals surface area contributed by atoms with E-state index in [4.69, 9.17) is 0 Å². The second-order valence-corrected chi connectivity index (χ2v) is 6.56. The zero-order chi connectivity index (χ0) is 14.2. The first kappa shape index (κ1) is 16.2. The number of carbonyl (C=O) groups is 1. The number of halogens is 1. The van der Waals surface area contributed by atoms with Gasteiger partial charge >= 0.3 is 0 Å². The Balaban J connectivity index is 0.00000161. The molecule has 2 aliphatic rings. The van der Waals surface area contributed by atoms with E-state index in [0.717, 1.165) is 37.2 Å². The third-order valence-electron chi connectivity index (χ3n) is 5.06. The molecule has 21 heavy (non-hydrogen) atoms. The Bertz CT molecular complexity index is 524. The zero-order valence-corrected chi connectivity index (χ0v) is 13.7. The molecule has 1 aliphatic carbocycles. The number of hydrogen-bond donors (Lipinski definition) is 2. The van der Waals surface area contributed by atoms with E-state index in [1.165, 1.54) is 18.4 Å². The Hall–Kier alpha value is -1.22. The van der Waals surface area contributed by atoms with Crippen LogP contribution in [0, 0.1) is 11.3 Å². The highest BCUT2D eigenvalue weighted by Crippen LogP contribution is 2.51. The van der Waals surface area contributed by atoms with Crippen LogP contribution in [-0.4, -0.2) is 19.0 Å². The fourth-order valence-corrected chi connectivity index (χ4v) is 3.19. The van der Waals surface area contributed by atoms with E-state index in [2.05, 4.69) is 30.5 Å². The summed E-state index contributed by atoms with van der Waals surface area (Å²) in [6, 6.07) is 6.00. The minimum absolute atomic E-state index is 0. The molecule has 3 nitrogen and oxygen atoms in total. The van der Waals surface area contributed by atoms with Gasteiger partial charge in [-0.15, -0.1) is 12.4 Å². The van der Waals surface area contributed by atoms with Crippen molar-refractivity contribution in [1.29, 1.82) is 0 Å². The number of amides is 1. The summed E-state index contributed by atoms with van der Waals surface area (Å²) < 4.78 is 0. The SMILES string of the molecule is CC(C)C1(CNC(=O)c2cccc3c2CCCN3)CC1.Cl. The molecule has 1 aromatic carbocycles. The Morgan fingerprint density at radius 3 is 2.81 bits per heavy atom. The van der Waals surface area contributed by atoms with Crippen LogP contribution in [0.5, 0.6) is 0 Å². The van der Waals surface area contributed by atoms with Gasteiger partial charge in [0.15, 0.2) is 0 Å². The molecule has 0 bridgehead atoms.